The topological polar surface area (TPSA) is 12.0 Å². The third-order valence-electron chi connectivity index (χ3n) is 2.28. The van der Waals surface area contributed by atoms with Gasteiger partial charge in [-0.2, -0.15) is 0 Å². The van der Waals surface area contributed by atoms with Gasteiger partial charge in [0.25, 0.3) is 0 Å². The van der Waals surface area contributed by atoms with Crippen LogP contribution < -0.4 is 5.32 Å². The molecule has 0 heterocycles. The summed E-state index contributed by atoms with van der Waals surface area (Å²) in [5, 5.41) is 3.51. The zero-order valence-corrected chi connectivity index (χ0v) is 10.1. The van der Waals surface area contributed by atoms with Crippen molar-refractivity contribution in [2.75, 3.05) is 13.1 Å². The molecule has 1 heteroatoms. The Morgan fingerprint density at radius 1 is 0.769 bits per heavy atom. The van der Waals surface area contributed by atoms with Crippen LogP contribution in [-0.4, -0.2) is 13.1 Å². The highest BCUT2D eigenvalue weighted by atomic mass is 14.9. The average molecular weight is 185 g/mol. The molecule has 13 heavy (non-hydrogen) atoms. The van der Waals surface area contributed by atoms with E-state index in [1.807, 2.05) is 0 Å². The van der Waals surface area contributed by atoms with Crippen LogP contribution in [0.5, 0.6) is 0 Å². The summed E-state index contributed by atoms with van der Waals surface area (Å²) < 4.78 is 0. The monoisotopic (exact) mass is 185 g/mol. The molecule has 0 aliphatic heterocycles. The second-order valence-corrected chi connectivity index (χ2v) is 5.13. The maximum Gasteiger partial charge on any atom is -0.00230 e. The molecule has 0 aromatic carbocycles. The standard InChI is InChI=1S/C12H27N/c1-10(2)6-7-12(5)9-13-8-11(3)4/h10-13H,6-9H2,1-5H3. The van der Waals surface area contributed by atoms with Gasteiger partial charge in [-0.05, 0) is 37.3 Å². The van der Waals surface area contributed by atoms with Crippen molar-refractivity contribution in [1.82, 2.24) is 5.32 Å². The van der Waals surface area contributed by atoms with Crippen molar-refractivity contribution < 1.29 is 0 Å². The van der Waals surface area contributed by atoms with E-state index in [1.165, 1.54) is 19.4 Å². The highest BCUT2D eigenvalue weighted by Crippen LogP contribution is 2.10. The number of rotatable bonds is 7. The van der Waals surface area contributed by atoms with Crippen LogP contribution in [0.15, 0.2) is 0 Å². The van der Waals surface area contributed by atoms with Crippen LogP contribution in [0.3, 0.4) is 0 Å². The summed E-state index contributed by atoms with van der Waals surface area (Å²) >= 11 is 0. The molecule has 0 saturated heterocycles. The van der Waals surface area contributed by atoms with E-state index in [-0.39, 0.29) is 0 Å². The molecule has 0 rings (SSSR count). The lowest BCUT2D eigenvalue weighted by Crippen LogP contribution is -2.25. The summed E-state index contributed by atoms with van der Waals surface area (Å²) in [4.78, 5) is 0. The first kappa shape index (κ1) is 13.0. The second-order valence-electron chi connectivity index (χ2n) is 5.13. The molecule has 0 aromatic rings. The van der Waals surface area contributed by atoms with Crippen LogP contribution in [0.4, 0.5) is 0 Å². The van der Waals surface area contributed by atoms with E-state index in [1.54, 1.807) is 0 Å². The average Bonchev–Trinajstić information content (AvgIpc) is 2.00. The molecule has 0 amide bonds. The fraction of sp³-hybridized carbons (Fsp3) is 1.00. The molecule has 0 radical (unpaired) electrons. The third kappa shape index (κ3) is 9.88. The van der Waals surface area contributed by atoms with E-state index in [4.69, 9.17) is 0 Å². The molecule has 0 spiro atoms. The van der Waals surface area contributed by atoms with Gasteiger partial charge in [0.2, 0.25) is 0 Å². The summed E-state index contributed by atoms with van der Waals surface area (Å²) in [5.74, 6) is 2.46. The van der Waals surface area contributed by atoms with Gasteiger partial charge in [0, 0.05) is 0 Å². The zero-order chi connectivity index (χ0) is 10.3. The Hall–Kier alpha value is -0.0400. The summed E-state index contributed by atoms with van der Waals surface area (Å²) in [6.07, 6.45) is 2.73. The molecular weight excluding hydrogens is 158 g/mol. The van der Waals surface area contributed by atoms with Crippen LogP contribution in [0.25, 0.3) is 0 Å². The molecule has 0 aliphatic rings. The molecule has 0 saturated carbocycles. The summed E-state index contributed by atoms with van der Waals surface area (Å²) in [5.41, 5.74) is 0. The first-order valence-electron chi connectivity index (χ1n) is 5.73. The molecule has 0 bridgehead atoms. The molecule has 0 aliphatic carbocycles. The number of nitrogens with one attached hydrogen (secondary N) is 1. The predicted molar refractivity (Wildman–Crippen MR) is 60.9 cm³/mol. The van der Waals surface area contributed by atoms with Crippen molar-refractivity contribution >= 4 is 0 Å². The molecule has 80 valence electrons. The lowest BCUT2D eigenvalue weighted by atomic mass is 9.99. The van der Waals surface area contributed by atoms with Crippen LogP contribution in [0.1, 0.15) is 47.5 Å². The zero-order valence-electron chi connectivity index (χ0n) is 10.1. The second kappa shape index (κ2) is 7.37. The Morgan fingerprint density at radius 3 is 1.85 bits per heavy atom. The van der Waals surface area contributed by atoms with Crippen LogP contribution >= 0.6 is 0 Å². The van der Waals surface area contributed by atoms with Gasteiger partial charge in [0.05, 0.1) is 0 Å². The minimum absolute atomic E-state index is 0.775. The maximum atomic E-state index is 3.51. The van der Waals surface area contributed by atoms with Crippen LogP contribution in [0.2, 0.25) is 0 Å². The molecule has 0 fully saturated rings. The van der Waals surface area contributed by atoms with Crippen LogP contribution in [-0.2, 0) is 0 Å². The molecule has 1 N–H and O–H groups in total. The summed E-state index contributed by atoms with van der Waals surface area (Å²) in [6.45, 7) is 13.8. The Balaban J connectivity index is 3.25. The van der Waals surface area contributed by atoms with Crippen molar-refractivity contribution in [2.45, 2.75) is 47.5 Å². The summed E-state index contributed by atoms with van der Waals surface area (Å²) in [6, 6.07) is 0. The molecular formula is C12H27N. The quantitative estimate of drug-likeness (QED) is 0.641. The smallest absolute Gasteiger partial charge is 0.00230 e. The number of hydrogen-bond acceptors (Lipinski definition) is 1. The van der Waals surface area contributed by atoms with E-state index in [9.17, 15) is 0 Å². The Kier molecular flexibility index (Phi) is 7.35. The van der Waals surface area contributed by atoms with E-state index >= 15 is 0 Å². The van der Waals surface area contributed by atoms with Gasteiger partial charge in [0.1, 0.15) is 0 Å². The van der Waals surface area contributed by atoms with Crippen molar-refractivity contribution in [2.24, 2.45) is 17.8 Å². The summed E-state index contributed by atoms with van der Waals surface area (Å²) in [7, 11) is 0. The fourth-order valence-electron chi connectivity index (χ4n) is 1.34. The Bertz CT molecular complexity index is 108. The SMILES string of the molecule is CC(C)CCC(C)CNCC(C)C. The highest BCUT2D eigenvalue weighted by molar-refractivity contribution is 4.59. The molecule has 0 aromatic heterocycles. The predicted octanol–water partition coefficient (Wildman–Crippen LogP) is 3.30. The Morgan fingerprint density at radius 2 is 1.38 bits per heavy atom. The lowest BCUT2D eigenvalue weighted by Gasteiger charge is -2.14. The first-order chi connectivity index (χ1) is 6.02. The van der Waals surface area contributed by atoms with Crippen molar-refractivity contribution in [3.63, 3.8) is 0 Å². The van der Waals surface area contributed by atoms with Gasteiger partial charge < -0.3 is 5.32 Å². The highest BCUT2D eigenvalue weighted by Gasteiger charge is 2.03. The van der Waals surface area contributed by atoms with E-state index < -0.39 is 0 Å². The fourth-order valence-corrected chi connectivity index (χ4v) is 1.34. The molecule has 1 atom stereocenters. The van der Waals surface area contributed by atoms with E-state index in [2.05, 4.69) is 39.9 Å². The van der Waals surface area contributed by atoms with Gasteiger partial charge in [0.15, 0.2) is 0 Å². The molecule has 1 nitrogen and oxygen atoms in total. The largest absolute Gasteiger partial charge is 0.316 e. The normalized spacial score (nSPS) is 14.1. The van der Waals surface area contributed by atoms with Gasteiger partial charge in [-0.3, -0.25) is 0 Å². The van der Waals surface area contributed by atoms with E-state index in [0.717, 1.165) is 24.3 Å². The first-order valence-corrected chi connectivity index (χ1v) is 5.73. The van der Waals surface area contributed by atoms with Crippen molar-refractivity contribution in [3.8, 4) is 0 Å². The van der Waals surface area contributed by atoms with Gasteiger partial charge in [-0.25, -0.2) is 0 Å². The van der Waals surface area contributed by atoms with Gasteiger partial charge in [-0.15, -0.1) is 0 Å². The van der Waals surface area contributed by atoms with Crippen LogP contribution in [0, 0.1) is 17.8 Å². The van der Waals surface area contributed by atoms with E-state index in [0.29, 0.717) is 0 Å². The minimum atomic E-state index is 0.775. The molecule has 1 unspecified atom stereocenters. The number of hydrogen-bond donors (Lipinski definition) is 1. The Labute approximate surface area is 84.3 Å². The van der Waals surface area contributed by atoms with Gasteiger partial charge in [-0.1, -0.05) is 41.0 Å². The lowest BCUT2D eigenvalue weighted by molar-refractivity contribution is 0.414. The van der Waals surface area contributed by atoms with Crippen molar-refractivity contribution in [3.05, 3.63) is 0 Å². The third-order valence-corrected chi connectivity index (χ3v) is 2.28. The van der Waals surface area contributed by atoms with Crippen molar-refractivity contribution in [1.29, 1.82) is 0 Å². The minimum Gasteiger partial charge on any atom is -0.316 e. The van der Waals surface area contributed by atoms with Gasteiger partial charge >= 0.3 is 0 Å². The maximum absolute atomic E-state index is 3.51.